The van der Waals surface area contributed by atoms with E-state index in [1.54, 1.807) is 0 Å². The monoisotopic (exact) mass is 232 g/mol. The van der Waals surface area contributed by atoms with Gasteiger partial charge in [0.15, 0.2) is 5.16 Å². The predicted octanol–water partition coefficient (Wildman–Crippen LogP) is 4.76. The van der Waals surface area contributed by atoms with Crippen LogP contribution in [0.4, 0.5) is 29.9 Å². The standard InChI is InChI=1S/C4H9F3P.BF4/c1-4(2,3)8(5,6)7;2-1(3,4)5/h1-3H3;/q+1;-1. The van der Waals surface area contributed by atoms with Crippen LogP contribution in [0.1, 0.15) is 20.8 Å². The van der Waals surface area contributed by atoms with Gasteiger partial charge in [0, 0.05) is 12.6 Å². The zero-order valence-corrected chi connectivity index (χ0v) is 8.06. The fourth-order valence-electron chi connectivity index (χ4n) is 0. The molecule has 82 valence electrons. The highest BCUT2D eigenvalue weighted by Gasteiger charge is 2.57. The van der Waals surface area contributed by atoms with E-state index >= 15 is 0 Å². The highest BCUT2D eigenvalue weighted by molar-refractivity contribution is 7.61. The molecule has 0 spiro atoms. The van der Waals surface area contributed by atoms with E-state index < -0.39 is 20.6 Å². The zero-order chi connectivity index (χ0) is 11.5. The summed E-state index contributed by atoms with van der Waals surface area (Å²) in [5.74, 6) is 0. The summed E-state index contributed by atoms with van der Waals surface area (Å²) >= 11 is 0. The Labute approximate surface area is 72.3 Å². The lowest BCUT2D eigenvalue weighted by Gasteiger charge is -2.09. The molecule has 0 saturated carbocycles. The zero-order valence-electron chi connectivity index (χ0n) is 7.17. The Morgan fingerprint density at radius 3 is 0.923 bits per heavy atom. The van der Waals surface area contributed by atoms with Gasteiger partial charge in [0.1, 0.15) is 0 Å². The fraction of sp³-hybridized carbons (Fsp3) is 1.00. The summed E-state index contributed by atoms with van der Waals surface area (Å²) in [4.78, 5) is 0. The first kappa shape index (κ1) is 15.5. The van der Waals surface area contributed by atoms with Gasteiger partial charge in [-0.1, -0.05) is 0 Å². The summed E-state index contributed by atoms with van der Waals surface area (Å²) in [6.07, 6.45) is 0. The van der Waals surface area contributed by atoms with Gasteiger partial charge in [0.05, 0.1) is 0 Å². The summed E-state index contributed by atoms with van der Waals surface area (Å²) in [5, 5.41) is -1.45. The van der Waals surface area contributed by atoms with E-state index in [-0.39, 0.29) is 0 Å². The second kappa shape index (κ2) is 4.48. The van der Waals surface area contributed by atoms with Crippen LogP contribution in [0.3, 0.4) is 0 Å². The van der Waals surface area contributed by atoms with E-state index in [0.29, 0.717) is 0 Å². The van der Waals surface area contributed by atoms with E-state index in [1.165, 1.54) is 20.8 Å². The van der Waals surface area contributed by atoms with Crippen LogP contribution in [0.25, 0.3) is 0 Å². The molecule has 0 saturated heterocycles. The van der Waals surface area contributed by atoms with Gasteiger partial charge in [0.2, 0.25) is 0 Å². The molecule has 0 heterocycles. The van der Waals surface area contributed by atoms with Crippen molar-refractivity contribution in [2.75, 3.05) is 0 Å². The van der Waals surface area contributed by atoms with Crippen LogP contribution in [0.15, 0.2) is 0 Å². The fourth-order valence-corrected chi connectivity index (χ4v) is 0. The predicted molar refractivity (Wildman–Crippen MR) is 40.2 cm³/mol. The molecule has 0 aliphatic rings. The Kier molecular flexibility index (Phi) is 5.34. The molecule has 0 radical (unpaired) electrons. The second-order valence-corrected chi connectivity index (χ2v) is 5.34. The molecular weight excluding hydrogens is 223 g/mol. The maximum atomic E-state index is 11.7. The summed E-state index contributed by atoms with van der Waals surface area (Å²) in [7, 11) is -11.1. The van der Waals surface area contributed by atoms with Crippen molar-refractivity contribution in [2.45, 2.75) is 25.9 Å². The maximum absolute atomic E-state index is 11.7. The van der Waals surface area contributed by atoms with Crippen molar-refractivity contribution < 1.29 is 29.9 Å². The lowest BCUT2D eigenvalue weighted by atomic mass is 10.3. The number of hydrogen-bond donors (Lipinski definition) is 0. The van der Waals surface area contributed by atoms with E-state index in [9.17, 15) is 29.9 Å². The molecular formula is C4H9BF7P. The SMILES string of the molecule is CC(C)(C)[P+](F)(F)F.F[B-](F)(F)F. The van der Waals surface area contributed by atoms with E-state index in [4.69, 9.17) is 0 Å². The third-order valence-electron chi connectivity index (χ3n) is 0.761. The summed E-state index contributed by atoms with van der Waals surface area (Å²) in [6.45, 7) is 3.59. The average molecular weight is 232 g/mol. The van der Waals surface area contributed by atoms with Crippen LogP contribution >= 0.6 is 8.19 Å². The lowest BCUT2D eigenvalue weighted by molar-refractivity contribution is 0.368. The molecule has 0 nitrogen and oxygen atoms in total. The van der Waals surface area contributed by atoms with Crippen LogP contribution in [0, 0.1) is 0 Å². The van der Waals surface area contributed by atoms with Crippen molar-refractivity contribution in [2.24, 2.45) is 0 Å². The number of rotatable bonds is 0. The molecule has 0 aromatic rings. The van der Waals surface area contributed by atoms with Gasteiger partial charge in [-0.3, -0.25) is 0 Å². The van der Waals surface area contributed by atoms with Crippen molar-refractivity contribution in [1.29, 1.82) is 0 Å². The van der Waals surface area contributed by atoms with Crippen molar-refractivity contribution in [3.8, 4) is 0 Å². The van der Waals surface area contributed by atoms with Gasteiger partial charge >= 0.3 is 15.4 Å². The van der Waals surface area contributed by atoms with Gasteiger partial charge < -0.3 is 17.3 Å². The highest BCUT2D eigenvalue weighted by atomic mass is 31.3. The molecule has 0 unspecified atom stereocenters. The lowest BCUT2D eigenvalue weighted by Crippen LogP contribution is -2.10. The minimum Gasteiger partial charge on any atom is -0.418 e. The first-order chi connectivity index (χ1) is 5.25. The average Bonchev–Trinajstić information content (AvgIpc) is 1.50. The van der Waals surface area contributed by atoms with E-state index in [0.717, 1.165) is 0 Å². The van der Waals surface area contributed by atoms with Gasteiger partial charge in [-0.25, -0.2) is 0 Å². The molecule has 9 heteroatoms. The molecule has 0 fully saturated rings. The molecule has 0 rings (SSSR count). The van der Waals surface area contributed by atoms with Gasteiger partial charge in [0.25, 0.3) is 0 Å². The Morgan fingerprint density at radius 2 is 0.923 bits per heavy atom. The molecule has 13 heavy (non-hydrogen) atoms. The minimum atomic E-state index is -6.00. The molecule has 0 aliphatic carbocycles. The van der Waals surface area contributed by atoms with Crippen LogP contribution < -0.4 is 0 Å². The van der Waals surface area contributed by atoms with Gasteiger partial charge in [-0.05, 0) is 20.8 Å². The third-order valence-corrected chi connectivity index (χ3v) is 2.28. The maximum Gasteiger partial charge on any atom is 0.673 e. The molecule has 0 amide bonds. The van der Waals surface area contributed by atoms with Crippen molar-refractivity contribution in [3.05, 3.63) is 0 Å². The summed E-state index contributed by atoms with van der Waals surface area (Å²) in [6, 6.07) is 0. The molecule has 0 aliphatic heterocycles. The second-order valence-electron chi connectivity index (χ2n) is 3.11. The van der Waals surface area contributed by atoms with Crippen LogP contribution in [-0.2, 0) is 0 Å². The first-order valence-corrected chi connectivity index (χ1v) is 4.56. The summed E-state index contributed by atoms with van der Waals surface area (Å²) in [5.41, 5.74) is 0. The van der Waals surface area contributed by atoms with Crippen molar-refractivity contribution in [1.82, 2.24) is 0 Å². The molecule has 0 aromatic carbocycles. The Morgan fingerprint density at radius 1 is 0.846 bits per heavy atom. The molecule has 0 aromatic heterocycles. The topological polar surface area (TPSA) is 0 Å². The van der Waals surface area contributed by atoms with Gasteiger partial charge in [-0.2, -0.15) is 0 Å². The summed E-state index contributed by atoms with van der Waals surface area (Å²) < 4.78 is 74.0. The third kappa shape index (κ3) is 14.8. The van der Waals surface area contributed by atoms with Crippen molar-refractivity contribution >= 4 is 15.4 Å². The molecule has 0 bridgehead atoms. The Bertz CT molecular complexity index is 124. The normalized spacial score (nSPS) is 13.4. The smallest absolute Gasteiger partial charge is 0.418 e. The molecule has 0 N–H and O–H groups in total. The number of hydrogen-bond acceptors (Lipinski definition) is 0. The minimum absolute atomic E-state index is 1.20. The first-order valence-electron chi connectivity index (χ1n) is 3.10. The van der Waals surface area contributed by atoms with E-state index in [1.807, 2.05) is 0 Å². The van der Waals surface area contributed by atoms with Crippen LogP contribution in [0.5, 0.6) is 0 Å². The Hall–Kier alpha value is 0.00494. The highest BCUT2D eigenvalue weighted by Crippen LogP contribution is 2.73. The van der Waals surface area contributed by atoms with Gasteiger partial charge in [-0.15, -0.1) is 0 Å². The van der Waals surface area contributed by atoms with Crippen LogP contribution in [0.2, 0.25) is 0 Å². The Balaban J connectivity index is 0. The number of halogens is 7. The molecule has 0 atom stereocenters. The quantitative estimate of drug-likeness (QED) is 0.321. The van der Waals surface area contributed by atoms with Crippen molar-refractivity contribution in [3.63, 3.8) is 0 Å². The van der Waals surface area contributed by atoms with Crippen LogP contribution in [-0.4, -0.2) is 12.4 Å². The van der Waals surface area contributed by atoms with E-state index in [2.05, 4.69) is 0 Å². The largest absolute Gasteiger partial charge is 0.673 e.